The van der Waals surface area contributed by atoms with E-state index in [1.807, 2.05) is 0 Å². The number of aromatic nitrogens is 1. The summed E-state index contributed by atoms with van der Waals surface area (Å²) in [7, 11) is 0. The third-order valence-electron chi connectivity index (χ3n) is 3.18. The van der Waals surface area contributed by atoms with Crippen molar-refractivity contribution in [2.45, 2.75) is 25.0 Å². The number of hydrogen-bond acceptors (Lipinski definition) is 4. The van der Waals surface area contributed by atoms with Gasteiger partial charge in [0.05, 0.1) is 17.9 Å². The topological polar surface area (TPSA) is 77.2 Å². The van der Waals surface area contributed by atoms with Crippen molar-refractivity contribution in [1.82, 2.24) is 10.3 Å². The molecule has 0 spiro atoms. The van der Waals surface area contributed by atoms with Crippen LogP contribution in [-0.4, -0.2) is 23.0 Å². The van der Waals surface area contributed by atoms with Crippen LogP contribution in [0.25, 0.3) is 0 Å². The Morgan fingerprint density at radius 1 is 1.53 bits per heavy atom. The van der Waals surface area contributed by atoms with E-state index >= 15 is 0 Å². The fourth-order valence-electron chi connectivity index (χ4n) is 2.25. The molecule has 0 saturated heterocycles. The highest BCUT2D eigenvalue weighted by Gasteiger charge is 2.35. The van der Waals surface area contributed by atoms with Crippen molar-refractivity contribution in [2.75, 3.05) is 5.73 Å². The van der Waals surface area contributed by atoms with Crippen molar-refractivity contribution in [2.24, 2.45) is 0 Å². The maximum Gasteiger partial charge on any atom is 0.253 e. The lowest BCUT2D eigenvalue weighted by atomic mass is 10.1. The molecule has 1 aromatic rings. The van der Waals surface area contributed by atoms with Gasteiger partial charge in [0.25, 0.3) is 5.91 Å². The Balaban J connectivity index is 1.69. The minimum atomic E-state index is -0.115. The lowest BCUT2D eigenvalue weighted by molar-refractivity contribution is 0.0927. The van der Waals surface area contributed by atoms with Gasteiger partial charge in [-0.1, -0.05) is 0 Å². The van der Waals surface area contributed by atoms with Crippen LogP contribution in [0.1, 0.15) is 23.2 Å². The Morgan fingerprint density at radius 2 is 2.41 bits per heavy atom. The molecule has 0 unspecified atom stereocenters. The molecule has 5 nitrogen and oxygen atoms in total. The fraction of sp³-hybridized carbons (Fsp3) is 0.333. The first kappa shape index (κ1) is 10.1. The van der Waals surface area contributed by atoms with Crippen LogP contribution in [0, 0.1) is 0 Å². The summed E-state index contributed by atoms with van der Waals surface area (Å²) in [5, 5.41) is 2.98. The van der Waals surface area contributed by atoms with Crippen molar-refractivity contribution in [3.8, 4) is 0 Å². The zero-order chi connectivity index (χ0) is 11.8. The number of amides is 1. The summed E-state index contributed by atoms with van der Waals surface area (Å²) in [5.74, 6) is 0.300. The van der Waals surface area contributed by atoms with E-state index < -0.39 is 0 Å². The van der Waals surface area contributed by atoms with Crippen molar-refractivity contribution < 1.29 is 9.53 Å². The number of anilines is 1. The summed E-state index contributed by atoms with van der Waals surface area (Å²) in [6.45, 7) is 0. The number of ether oxygens (including phenoxy) is 1. The van der Waals surface area contributed by atoms with E-state index in [1.165, 1.54) is 11.8 Å². The van der Waals surface area contributed by atoms with Crippen LogP contribution in [0.3, 0.4) is 0 Å². The number of nitrogens with one attached hydrogen (secondary N) is 1. The van der Waals surface area contributed by atoms with Crippen LogP contribution in [0.2, 0.25) is 0 Å². The minimum Gasteiger partial charge on any atom is -0.498 e. The van der Waals surface area contributed by atoms with Gasteiger partial charge in [-0.2, -0.15) is 0 Å². The highest BCUT2D eigenvalue weighted by atomic mass is 16.5. The summed E-state index contributed by atoms with van der Waals surface area (Å²) in [5.41, 5.74) is 7.18. The van der Waals surface area contributed by atoms with E-state index in [9.17, 15) is 4.79 Å². The Kier molecular flexibility index (Phi) is 2.24. The monoisotopic (exact) mass is 231 g/mol. The second kappa shape index (κ2) is 3.76. The number of fused-ring (bicyclic) bond motifs is 2. The molecule has 1 aliphatic heterocycles. The second-order valence-electron chi connectivity index (χ2n) is 4.39. The van der Waals surface area contributed by atoms with Crippen LogP contribution in [0.15, 0.2) is 30.2 Å². The second-order valence-corrected chi connectivity index (χ2v) is 4.39. The first-order valence-electron chi connectivity index (χ1n) is 5.59. The zero-order valence-corrected chi connectivity index (χ0v) is 9.22. The zero-order valence-electron chi connectivity index (χ0n) is 9.22. The maximum absolute atomic E-state index is 11.9. The number of rotatable bonds is 2. The third kappa shape index (κ3) is 1.84. The maximum atomic E-state index is 11.9. The molecule has 1 aliphatic carbocycles. The molecule has 5 heteroatoms. The number of hydrogen-bond donors (Lipinski definition) is 2. The molecular formula is C12H13N3O2. The van der Waals surface area contributed by atoms with Gasteiger partial charge < -0.3 is 15.8 Å². The molecule has 3 rings (SSSR count). The Labute approximate surface area is 98.7 Å². The minimum absolute atomic E-state index is 0.110. The smallest absolute Gasteiger partial charge is 0.253 e. The van der Waals surface area contributed by atoms with Gasteiger partial charge in [-0.25, -0.2) is 4.98 Å². The van der Waals surface area contributed by atoms with E-state index in [0.717, 1.165) is 12.8 Å². The highest BCUT2D eigenvalue weighted by Crippen LogP contribution is 2.33. The molecule has 3 N–H and O–H groups in total. The number of carbonyl (C=O) groups is 1. The number of nitrogen functional groups attached to an aromatic ring is 1. The summed E-state index contributed by atoms with van der Waals surface area (Å²) < 4.78 is 5.34. The van der Waals surface area contributed by atoms with E-state index in [4.69, 9.17) is 10.5 Å². The molecule has 2 bridgehead atoms. The van der Waals surface area contributed by atoms with E-state index in [2.05, 4.69) is 10.3 Å². The summed E-state index contributed by atoms with van der Waals surface area (Å²) in [4.78, 5) is 15.8. The molecule has 2 heterocycles. The molecule has 0 radical (unpaired) electrons. The quantitative estimate of drug-likeness (QED) is 0.790. The van der Waals surface area contributed by atoms with E-state index in [1.54, 1.807) is 18.4 Å². The van der Waals surface area contributed by atoms with Crippen molar-refractivity contribution in [3.05, 3.63) is 35.7 Å². The molecule has 0 aromatic carbocycles. The molecule has 17 heavy (non-hydrogen) atoms. The molecule has 1 aromatic heterocycles. The van der Waals surface area contributed by atoms with Crippen LogP contribution >= 0.6 is 0 Å². The third-order valence-corrected chi connectivity index (χ3v) is 3.18. The average molecular weight is 231 g/mol. The van der Waals surface area contributed by atoms with Gasteiger partial charge >= 0.3 is 0 Å². The van der Waals surface area contributed by atoms with Gasteiger partial charge in [-0.05, 0) is 17.7 Å². The van der Waals surface area contributed by atoms with Crippen molar-refractivity contribution in [3.63, 3.8) is 0 Å². The van der Waals surface area contributed by atoms with Gasteiger partial charge in [-0.15, -0.1) is 0 Å². The van der Waals surface area contributed by atoms with Crippen LogP contribution < -0.4 is 11.1 Å². The summed E-state index contributed by atoms with van der Waals surface area (Å²) >= 11 is 0. The van der Waals surface area contributed by atoms with Crippen LogP contribution in [0.5, 0.6) is 0 Å². The molecule has 1 fully saturated rings. The number of pyridine rings is 1. The first-order chi connectivity index (χ1) is 8.22. The standard InChI is InChI=1S/C12H13N3O2/c13-11-2-1-7(5-14-11)12(16)15-10-4-9-3-8(10)6-17-9/h1-2,5-6,9-10H,3-4H2,(H2,13,14)(H,15,16)/t9-,10-/m0/s1. The largest absolute Gasteiger partial charge is 0.498 e. The summed E-state index contributed by atoms with van der Waals surface area (Å²) in [6, 6.07) is 3.41. The molecule has 1 saturated carbocycles. The number of carbonyl (C=O) groups excluding carboxylic acids is 1. The predicted molar refractivity (Wildman–Crippen MR) is 62.1 cm³/mol. The normalized spacial score (nSPS) is 25.3. The van der Waals surface area contributed by atoms with Gasteiger partial charge in [0.1, 0.15) is 11.9 Å². The average Bonchev–Trinajstić information content (AvgIpc) is 2.91. The van der Waals surface area contributed by atoms with Gasteiger partial charge in [0.2, 0.25) is 0 Å². The fourth-order valence-corrected chi connectivity index (χ4v) is 2.25. The highest BCUT2D eigenvalue weighted by molar-refractivity contribution is 5.94. The molecular weight excluding hydrogens is 218 g/mol. The molecule has 1 amide bonds. The van der Waals surface area contributed by atoms with Crippen molar-refractivity contribution in [1.29, 1.82) is 0 Å². The molecule has 88 valence electrons. The lowest BCUT2D eigenvalue weighted by Crippen LogP contribution is -2.35. The summed E-state index contributed by atoms with van der Waals surface area (Å²) in [6.07, 6.45) is 5.30. The molecule has 2 atom stereocenters. The predicted octanol–water partition coefficient (Wildman–Crippen LogP) is 0.839. The Morgan fingerprint density at radius 3 is 3.00 bits per heavy atom. The Hall–Kier alpha value is -2.04. The van der Waals surface area contributed by atoms with Crippen LogP contribution in [-0.2, 0) is 4.74 Å². The van der Waals surface area contributed by atoms with Crippen molar-refractivity contribution >= 4 is 11.7 Å². The Bertz CT molecular complexity index is 481. The van der Waals surface area contributed by atoms with Gasteiger partial charge in [-0.3, -0.25) is 4.79 Å². The number of nitrogens with two attached hydrogens (primary N) is 1. The SMILES string of the molecule is Nc1ccc(C(=O)N[C@H]2C[C@@H]3CC2=CO3)cn1. The molecule has 2 aliphatic rings. The van der Waals surface area contributed by atoms with E-state index in [-0.39, 0.29) is 18.1 Å². The first-order valence-corrected chi connectivity index (χ1v) is 5.59. The van der Waals surface area contributed by atoms with Gasteiger partial charge in [0, 0.05) is 19.0 Å². The van der Waals surface area contributed by atoms with Gasteiger partial charge in [0.15, 0.2) is 0 Å². The van der Waals surface area contributed by atoms with E-state index in [0.29, 0.717) is 11.4 Å². The lowest BCUT2D eigenvalue weighted by Gasteiger charge is -2.17. The van der Waals surface area contributed by atoms with Crippen LogP contribution in [0.4, 0.5) is 5.82 Å². The number of nitrogens with zero attached hydrogens (tertiary/aromatic N) is 1.